The zero-order valence-corrected chi connectivity index (χ0v) is 10.8. The number of thiophene rings is 1. The third-order valence-corrected chi connectivity index (χ3v) is 3.21. The molecule has 0 atom stereocenters. The second kappa shape index (κ2) is 5.53. The molecule has 86 valence electrons. The van der Waals surface area contributed by atoms with Crippen LogP contribution in [0.15, 0.2) is 46.8 Å². The fourth-order valence-electron chi connectivity index (χ4n) is 1.45. The zero-order valence-electron chi connectivity index (χ0n) is 9.94. The predicted octanol–water partition coefficient (Wildman–Crippen LogP) is 4.47. The number of hydrogen-bond acceptors (Lipinski definition) is 2. The molecule has 2 heteroatoms. The van der Waals surface area contributed by atoms with Crippen molar-refractivity contribution in [2.24, 2.45) is 0 Å². The Morgan fingerprint density at radius 2 is 2.00 bits per heavy atom. The highest BCUT2D eigenvalue weighted by molar-refractivity contribution is 7.08. The smallest absolute Gasteiger partial charge is 0.118 e. The van der Waals surface area contributed by atoms with Gasteiger partial charge >= 0.3 is 0 Å². The van der Waals surface area contributed by atoms with E-state index in [2.05, 4.69) is 29.5 Å². The molecule has 0 amide bonds. The van der Waals surface area contributed by atoms with E-state index in [0.717, 1.165) is 16.9 Å². The normalized spacial score (nSPS) is 9.53. The average Bonchev–Trinajstić information content (AvgIpc) is 2.90. The lowest BCUT2D eigenvalue weighted by molar-refractivity contribution is 0.415. The molecule has 0 saturated carbocycles. The number of methoxy groups -OCH3 is 1. The van der Waals surface area contributed by atoms with Crippen molar-refractivity contribution in [1.29, 1.82) is 0 Å². The van der Waals surface area contributed by atoms with Gasteiger partial charge < -0.3 is 4.74 Å². The third kappa shape index (κ3) is 3.10. The summed E-state index contributed by atoms with van der Waals surface area (Å²) in [6, 6.07) is 10.1. The molecule has 1 aromatic heterocycles. The molecule has 0 bridgehead atoms. The second-order valence-corrected chi connectivity index (χ2v) is 4.48. The van der Waals surface area contributed by atoms with Crippen LogP contribution in [0.3, 0.4) is 0 Å². The molecule has 1 heterocycles. The summed E-state index contributed by atoms with van der Waals surface area (Å²) in [6.45, 7) is 2.07. The van der Waals surface area contributed by atoms with Crippen LogP contribution < -0.4 is 4.74 Å². The van der Waals surface area contributed by atoms with Crippen LogP contribution in [0, 0.1) is 0 Å². The van der Waals surface area contributed by atoms with Gasteiger partial charge in [0.25, 0.3) is 0 Å². The van der Waals surface area contributed by atoms with Crippen LogP contribution in [0.25, 0.3) is 11.6 Å². The minimum atomic E-state index is 0.876. The van der Waals surface area contributed by atoms with Gasteiger partial charge in [-0.25, -0.2) is 0 Å². The van der Waals surface area contributed by atoms with E-state index in [9.17, 15) is 0 Å². The summed E-state index contributed by atoms with van der Waals surface area (Å²) in [7, 11) is 1.67. The molecule has 0 fully saturated rings. The fourth-order valence-corrected chi connectivity index (χ4v) is 2.16. The lowest BCUT2D eigenvalue weighted by atomic mass is 10.1. The molecule has 0 radical (unpaired) electrons. The van der Waals surface area contributed by atoms with E-state index in [1.54, 1.807) is 18.4 Å². The van der Waals surface area contributed by atoms with Crippen molar-refractivity contribution >= 4 is 23.0 Å². The predicted molar refractivity (Wildman–Crippen MR) is 74.4 cm³/mol. The number of allylic oxidation sites excluding steroid dienone is 1. The van der Waals surface area contributed by atoms with Gasteiger partial charge in [0.2, 0.25) is 0 Å². The number of rotatable bonds is 3. The highest BCUT2D eigenvalue weighted by Gasteiger charge is 1.93. The Balaban J connectivity index is 2.22. The maximum Gasteiger partial charge on any atom is 0.118 e. The Kier molecular flexibility index (Phi) is 3.81. The lowest BCUT2D eigenvalue weighted by Gasteiger charge is -1.98. The second-order valence-electron chi connectivity index (χ2n) is 3.70. The Labute approximate surface area is 106 Å². The SMILES string of the molecule is COc1ccc(C=C=C(C)c2ccsc2)cc1. The molecule has 0 aliphatic heterocycles. The van der Waals surface area contributed by atoms with E-state index in [1.807, 2.05) is 30.3 Å². The first-order valence-corrected chi connectivity index (χ1v) is 6.34. The highest BCUT2D eigenvalue weighted by Crippen LogP contribution is 2.17. The van der Waals surface area contributed by atoms with Crippen molar-refractivity contribution in [3.63, 3.8) is 0 Å². The minimum absolute atomic E-state index is 0.876. The van der Waals surface area contributed by atoms with Gasteiger partial charge in [-0.1, -0.05) is 12.1 Å². The molecule has 0 aliphatic rings. The number of ether oxygens (including phenoxy) is 1. The van der Waals surface area contributed by atoms with Crippen molar-refractivity contribution in [1.82, 2.24) is 0 Å². The topological polar surface area (TPSA) is 9.23 Å². The van der Waals surface area contributed by atoms with E-state index in [0.29, 0.717) is 0 Å². The van der Waals surface area contributed by atoms with Gasteiger partial charge in [0.15, 0.2) is 0 Å². The largest absolute Gasteiger partial charge is 0.497 e. The Morgan fingerprint density at radius 3 is 2.59 bits per heavy atom. The van der Waals surface area contributed by atoms with Crippen LogP contribution in [-0.2, 0) is 0 Å². The first-order chi connectivity index (χ1) is 8.29. The third-order valence-electron chi connectivity index (χ3n) is 2.53. The molecule has 0 spiro atoms. The molecule has 17 heavy (non-hydrogen) atoms. The van der Waals surface area contributed by atoms with Gasteiger partial charge in [-0.3, -0.25) is 0 Å². The van der Waals surface area contributed by atoms with Crippen molar-refractivity contribution < 1.29 is 4.74 Å². The average molecular weight is 242 g/mol. The Bertz CT molecular complexity index is 529. The van der Waals surface area contributed by atoms with Crippen molar-refractivity contribution in [3.05, 3.63) is 58.0 Å². The fraction of sp³-hybridized carbons (Fsp3) is 0.133. The van der Waals surface area contributed by atoms with Gasteiger partial charge in [0.1, 0.15) is 5.75 Å². The zero-order chi connectivity index (χ0) is 12.1. The van der Waals surface area contributed by atoms with E-state index in [-0.39, 0.29) is 0 Å². The molecule has 1 aromatic carbocycles. The van der Waals surface area contributed by atoms with Gasteiger partial charge in [-0.15, -0.1) is 5.73 Å². The standard InChI is InChI=1S/C15H14OS/c1-12(14-9-10-17-11-14)3-4-13-5-7-15(16-2)8-6-13/h4-11H,1-2H3. The molecule has 0 aliphatic carbocycles. The van der Waals surface area contributed by atoms with Gasteiger partial charge in [0.05, 0.1) is 7.11 Å². The van der Waals surface area contributed by atoms with Crippen molar-refractivity contribution in [2.45, 2.75) is 6.92 Å². The quantitative estimate of drug-likeness (QED) is 0.721. The van der Waals surface area contributed by atoms with Crippen LogP contribution in [0.1, 0.15) is 18.1 Å². The first-order valence-electron chi connectivity index (χ1n) is 5.39. The molecular weight excluding hydrogens is 228 g/mol. The Hall–Kier alpha value is -1.76. The van der Waals surface area contributed by atoms with Crippen LogP contribution in [0.5, 0.6) is 5.75 Å². The molecular formula is C15H14OS. The van der Waals surface area contributed by atoms with Crippen LogP contribution in [0.4, 0.5) is 0 Å². The van der Waals surface area contributed by atoms with Gasteiger partial charge in [-0.05, 0) is 58.7 Å². The number of benzene rings is 1. The van der Waals surface area contributed by atoms with E-state index >= 15 is 0 Å². The molecule has 1 nitrogen and oxygen atoms in total. The van der Waals surface area contributed by atoms with Crippen molar-refractivity contribution in [3.8, 4) is 5.75 Å². The lowest BCUT2D eigenvalue weighted by Crippen LogP contribution is -1.81. The highest BCUT2D eigenvalue weighted by atomic mass is 32.1. The van der Waals surface area contributed by atoms with Crippen molar-refractivity contribution in [2.75, 3.05) is 7.11 Å². The van der Waals surface area contributed by atoms with E-state index < -0.39 is 0 Å². The summed E-state index contributed by atoms with van der Waals surface area (Å²) < 4.78 is 5.12. The van der Waals surface area contributed by atoms with Gasteiger partial charge in [-0.2, -0.15) is 11.3 Å². The number of hydrogen-bond donors (Lipinski definition) is 0. The molecule has 2 rings (SSSR count). The van der Waals surface area contributed by atoms with Crippen LogP contribution in [-0.4, -0.2) is 7.11 Å². The minimum Gasteiger partial charge on any atom is -0.497 e. The Morgan fingerprint density at radius 1 is 1.24 bits per heavy atom. The summed E-state index contributed by atoms with van der Waals surface area (Å²) in [6.07, 6.45) is 1.99. The monoisotopic (exact) mass is 242 g/mol. The maximum atomic E-state index is 5.12. The summed E-state index contributed by atoms with van der Waals surface area (Å²) in [5.41, 5.74) is 6.81. The van der Waals surface area contributed by atoms with Crippen LogP contribution >= 0.6 is 11.3 Å². The summed E-state index contributed by atoms with van der Waals surface area (Å²) in [4.78, 5) is 0. The summed E-state index contributed by atoms with van der Waals surface area (Å²) in [5.74, 6) is 0.876. The van der Waals surface area contributed by atoms with E-state index in [4.69, 9.17) is 4.74 Å². The first kappa shape index (κ1) is 11.7. The molecule has 0 unspecified atom stereocenters. The summed E-state index contributed by atoms with van der Waals surface area (Å²) in [5, 5.41) is 4.21. The van der Waals surface area contributed by atoms with E-state index in [1.165, 1.54) is 5.56 Å². The van der Waals surface area contributed by atoms with Crippen LogP contribution in [0.2, 0.25) is 0 Å². The molecule has 2 aromatic rings. The van der Waals surface area contributed by atoms with Gasteiger partial charge in [0, 0.05) is 0 Å². The molecule has 0 N–H and O–H groups in total. The maximum absolute atomic E-state index is 5.12. The molecule has 0 saturated heterocycles. The summed E-state index contributed by atoms with van der Waals surface area (Å²) >= 11 is 1.70.